The molecule has 2 aromatic rings. The number of hydrogen-bond acceptors (Lipinski definition) is 4. The summed E-state index contributed by atoms with van der Waals surface area (Å²) in [5.74, 6) is 0. The first-order chi connectivity index (χ1) is 8.31. The molecule has 4 heteroatoms. The van der Waals surface area contributed by atoms with Crippen LogP contribution in [0, 0.1) is 0 Å². The third kappa shape index (κ3) is 3.00. The molecule has 0 saturated heterocycles. The zero-order chi connectivity index (χ0) is 12.1. The van der Waals surface area contributed by atoms with Gasteiger partial charge in [0.15, 0.2) is 0 Å². The van der Waals surface area contributed by atoms with Crippen LogP contribution in [0.15, 0.2) is 36.5 Å². The molecule has 2 rings (SSSR count). The molecule has 1 aromatic heterocycles. The summed E-state index contributed by atoms with van der Waals surface area (Å²) in [6, 6.07) is 9.95. The van der Waals surface area contributed by atoms with E-state index in [0.717, 1.165) is 16.5 Å². The standard InChI is InChI=1S/C13H16N2O2/c16-9-12(17)8-14-7-11-4-1-3-10-5-2-6-15-13(10)11/h1-6,12,14,16-17H,7-9H2/t12-/m0/s1. The predicted octanol–water partition coefficient (Wildman–Crippen LogP) is 0.678. The molecule has 3 N–H and O–H groups in total. The number of nitrogens with one attached hydrogen (secondary N) is 1. The van der Waals surface area contributed by atoms with Crippen LogP contribution in [0.3, 0.4) is 0 Å². The normalized spacial score (nSPS) is 12.8. The smallest absolute Gasteiger partial charge is 0.0895 e. The summed E-state index contributed by atoms with van der Waals surface area (Å²) < 4.78 is 0. The fourth-order valence-corrected chi connectivity index (χ4v) is 1.75. The van der Waals surface area contributed by atoms with Gasteiger partial charge in [-0.3, -0.25) is 4.98 Å². The Bertz CT molecular complexity index is 482. The highest BCUT2D eigenvalue weighted by atomic mass is 16.3. The van der Waals surface area contributed by atoms with Crippen molar-refractivity contribution in [2.75, 3.05) is 13.2 Å². The third-order valence-electron chi connectivity index (χ3n) is 2.62. The Balaban J connectivity index is 2.08. The molecule has 0 bridgehead atoms. The second kappa shape index (κ2) is 5.72. The average molecular weight is 232 g/mol. The molecule has 90 valence electrons. The van der Waals surface area contributed by atoms with Crippen molar-refractivity contribution in [1.29, 1.82) is 0 Å². The van der Waals surface area contributed by atoms with Gasteiger partial charge in [-0.1, -0.05) is 24.3 Å². The third-order valence-corrected chi connectivity index (χ3v) is 2.62. The van der Waals surface area contributed by atoms with Crippen LogP contribution in [0.2, 0.25) is 0 Å². The van der Waals surface area contributed by atoms with Crippen LogP contribution in [0.25, 0.3) is 10.9 Å². The molecule has 0 saturated carbocycles. The van der Waals surface area contributed by atoms with Crippen LogP contribution in [-0.4, -0.2) is 34.5 Å². The maximum atomic E-state index is 9.22. The van der Waals surface area contributed by atoms with Crippen molar-refractivity contribution in [1.82, 2.24) is 10.3 Å². The van der Waals surface area contributed by atoms with E-state index in [0.29, 0.717) is 13.1 Å². The van der Waals surface area contributed by atoms with E-state index in [9.17, 15) is 5.11 Å². The lowest BCUT2D eigenvalue weighted by Crippen LogP contribution is -2.29. The van der Waals surface area contributed by atoms with Gasteiger partial charge in [-0.05, 0) is 11.6 Å². The highest BCUT2D eigenvalue weighted by Gasteiger charge is 2.03. The molecular formula is C13H16N2O2. The Morgan fingerprint density at radius 2 is 2.06 bits per heavy atom. The Kier molecular flexibility index (Phi) is 4.03. The Hall–Kier alpha value is -1.49. The van der Waals surface area contributed by atoms with Gasteiger partial charge in [0.2, 0.25) is 0 Å². The number of fused-ring (bicyclic) bond motifs is 1. The van der Waals surface area contributed by atoms with Gasteiger partial charge >= 0.3 is 0 Å². The zero-order valence-corrected chi connectivity index (χ0v) is 9.50. The minimum absolute atomic E-state index is 0.221. The SMILES string of the molecule is OC[C@@H](O)CNCc1cccc2cccnc12. The lowest BCUT2D eigenvalue weighted by Gasteiger charge is -2.10. The van der Waals surface area contributed by atoms with E-state index in [4.69, 9.17) is 5.11 Å². The van der Waals surface area contributed by atoms with Crippen LogP contribution < -0.4 is 5.32 Å². The van der Waals surface area contributed by atoms with Crippen LogP contribution in [-0.2, 0) is 6.54 Å². The van der Waals surface area contributed by atoms with Crippen LogP contribution >= 0.6 is 0 Å². The van der Waals surface area contributed by atoms with Crippen molar-refractivity contribution in [2.24, 2.45) is 0 Å². The summed E-state index contributed by atoms with van der Waals surface area (Å²) in [7, 11) is 0. The Morgan fingerprint density at radius 3 is 2.88 bits per heavy atom. The molecule has 1 aromatic carbocycles. The molecule has 0 aliphatic rings. The zero-order valence-electron chi connectivity index (χ0n) is 9.50. The van der Waals surface area contributed by atoms with E-state index < -0.39 is 6.10 Å². The molecule has 0 spiro atoms. The number of nitrogens with zero attached hydrogens (tertiary/aromatic N) is 1. The maximum Gasteiger partial charge on any atom is 0.0895 e. The number of rotatable bonds is 5. The maximum absolute atomic E-state index is 9.22. The Morgan fingerprint density at radius 1 is 1.24 bits per heavy atom. The summed E-state index contributed by atoms with van der Waals surface area (Å²) in [5.41, 5.74) is 2.06. The molecule has 0 fully saturated rings. The van der Waals surface area contributed by atoms with Gasteiger partial charge in [0, 0.05) is 24.7 Å². The van der Waals surface area contributed by atoms with Gasteiger partial charge in [0.1, 0.15) is 0 Å². The van der Waals surface area contributed by atoms with E-state index in [2.05, 4.69) is 10.3 Å². The van der Waals surface area contributed by atoms with E-state index in [1.54, 1.807) is 6.20 Å². The summed E-state index contributed by atoms with van der Waals surface area (Å²) in [6.07, 6.45) is 1.06. The molecule has 0 radical (unpaired) electrons. The van der Waals surface area contributed by atoms with Crippen molar-refractivity contribution in [2.45, 2.75) is 12.6 Å². The average Bonchev–Trinajstić information content (AvgIpc) is 2.39. The van der Waals surface area contributed by atoms with E-state index in [-0.39, 0.29) is 6.61 Å². The van der Waals surface area contributed by atoms with E-state index in [1.165, 1.54) is 0 Å². The summed E-state index contributed by atoms with van der Waals surface area (Å²) in [6.45, 7) is 0.784. The second-order valence-electron chi connectivity index (χ2n) is 3.96. The van der Waals surface area contributed by atoms with Gasteiger partial charge < -0.3 is 15.5 Å². The van der Waals surface area contributed by atoms with Gasteiger partial charge in [0.25, 0.3) is 0 Å². The molecule has 0 amide bonds. The van der Waals surface area contributed by atoms with Crippen LogP contribution in [0.4, 0.5) is 0 Å². The van der Waals surface area contributed by atoms with E-state index in [1.807, 2.05) is 30.3 Å². The highest BCUT2D eigenvalue weighted by molar-refractivity contribution is 5.81. The molecule has 0 aliphatic heterocycles. The lowest BCUT2D eigenvalue weighted by atomic mass is 10.1. The van der Waals surface area contributed by atoms with E-state index >= 15 is 0 Å². The largest absolute Gasteiger partial charge is 0.394 e. The summed E-state index contributed by atoms with van der Waals surface area (Å²) >= 11 is 0. The van der Waals surface area contributed by atoms with Gasteiger partial charge in [-0.2, -0.15) is 0 Å². The number of para-hydroxylation sites is 1. The summed E-state index contributed by atoms with van der Waals surface area (Å²) in [4.78, 5) is 4.35. The second-order valence-corrected chi connectivity index (χ2v) is 3.96. The van der Waals surface area contributed by atoms with Crippen molar-refractivity contribution in [3.63, 3.8) is 0 Å². The predicted molar refractivity (Wildman–Crippen MR) is 66.5 cm³/mol. The Labute approximate surface area is 99.9 Å². The van der Waals surface area contributed by atoms with Crippen molar-refractivity contribution in [3.8, 4) is 0 Å². The number of pyridine rings is 1. The number of aliphatic hydroxyl groups excluding tert-OH is 2. The first-order valence-corrected chi connectivity index (χ1v) is 5.63. The fourth-order valence-electron chi connectivity index (χ4n) is 1.75. The van der Waals surface area contributed by atoms with Crippen LogP contribution in [0.1, 0.15) is 5.56 Å². The lowest BCUT2D eigenvalue weighted by molar-refractivity contribution is 0.0942. The minimum atomic E-state index is -0.710. The van der Waals surface area contributed by atoms with Crippen molar-refractivity contribution >= 4 is 10.9 Å². The van der Waals surface area contributed by atoms with Gasteiger partial charge in [-0.25, -0.2) is 0 Å². The molecule has 17 heavy (non-hydrogen) atoms. The number of benzene rings is 1. The van der Waals surface area contributed by atoms with Crippen molar-refractivity contribution in [3.05, 3.63) is 42.1 Å². The molecule has 1 atom stereocenters. The van der Waals surface area contributed by atoms with Gasteiger partial charge in [0.05, 0.1) is 18.2 Å². The summed E-state index contributed by atoms with van der Waals surface area (Å²) in [5, 5.41) is 22.1. The van der Waals surface area contributed by atoms with Crippen LogP contribution in [0.5, 0.6) is 0 Å². The highest BCUT2D eigenvalue weighted by Crippen LogP contribution is 2.15. The topological polar surface area (TPSA) is 65.4 Å². The number of aliphatic hydroxyl groups is 2. The first kappa shape index (κ1) is 12.0. The molecule has 1 heterocycles. The van der Waals surface area contributed by atoms with Gasteiger partial charge in [-0.15, -0.1) is 0 Å². The first-order valence-electron chi connectivity index (χ1n) is 5.63. The molecule has 0 unspecified atom stereocenters. The number of aromatic nitrogens is 1. The molecular weight excluding hydrogens is 216 g/mol. The molecule has 4 nitrogen and oxygen atoms in total. The minimum Gasteiger partial charge on any atom is -0.394 e. The number of hydrogen-bond donors (Lipinski definition) is 3. The fraction of sp³-hybridized carbons (Fsp3) is 0.308. The van der Waals surface area contributed by atoms with Crippen molar-refractivity contribution < 1.29 is 10.2 Å². The monoisotopic (exact) mass is 232 g/mol. The quantitative estimate of drug-likeness (QED) is 0.709. The molecule has 0 aliphatic carbocycles.